The molecule has 0 amide bonds. The van der Waals surface area contributed by atoms with Crippen molar-refractivity contribution in [2.75, 3.05) is 13.2 Å². The van der Waals surface area contributed by atoms with Crippen molar-refractivity contribution in [1.29, 1.82) is 0 Å². The molecule has 0 atom stereocenters. The van der Waals surface area contributed by atoms with E-state index in [-0.39, 0.29) is 51.4 Å². The van der Waals surface area contributed by atoms with Crippen molar-refractivity contribution >= 4 is 61.8 Å². The normalized spacial score (nSPS) is 11.3. The molecule has 258 valence electrons. The van der Waals surface area contributed by atoms with Crippen LogP contribution in [0.1, 0.15) is 219 Å². The molecule has 0 rings (SSSR count). The molecular weight excluding hydrogens is 584 g/mol. The van der Waals surface area contributed by atoms with Crippen molar-refractivity contribution in [1.82, 2.24) is 0 Å². The number of hydrogen-bond donors (Lipinski definition) is 2. The summed E-state index contributed by atoms with van der Waals surface area (Å²) in [7, 11) is -4.67. The van der Waals surface area contributed by atoms with E-state index < -0.39 is 10.4 Å². The zero-order chi connectivity index (χ0) is 31.2. The van der Waals surface area contributed by atoms with Crippen LogP contribution in [0.4, 0.5) is 0 Å². The fourth-order valence-electron chi connectivity index (χ4n) is 5.61. The van der Waals surface area contributed by atoms with Crippen molar-refractivity contribution in [3.63, 3.8) is 0 Å². The number of rotatable bonds is 34. The molecule has 2 N–H and O–H groups in total. The predicted molar refractivity (Wildman–Crippen MR) is 191 cm³/mol. The second-order valence-corrected chi connectivity index (χ2v) is 13.6. The third-order valence-electron chi connectivity index (χ3n) is 8.28. The average Bonchev–Trinajstić information content (AvgIpc) is 2.94. The molecule has 7 heteroatoms. The summed E-state index contributed by atoms with van der Waals surface area (Å²) in [6.45, 7) is 6.60. The van der Waals surface area contributed by atoms with Crippen LogP contribution in [0.3, 0.4) is 0 Å². The fraction of sp³-hybridized carbons (Fsp3) is 1.00. The Labute approximate surface area is 313 Å². The molecule has 5 nitrogen and oxygen atoms in total. The van der Waals surface area contributed by atoms with Crippen LogP contribution in [-0.4, -0.2) is 82.1 Å². The van der Waals surface area contributed by atoms with E-state index in [4.69, 9.17) is 22.3 Å². The van der Waals surface area contributed by atoms with Gasteiger partial charge < -0.3 is 4.74 Å². The van der Waals surface area contributed by atoms with Crippen LogP contribution in [0.25, 0.3) is 0 Å². The van der Waals surface area contributed by atoms with Gasteiger partial charge in [-0.05, 0) is 12.8 Å². The Morgan fingerprint density at radius 3 is 0.651 bits per heavy atom. The molecule has 0 aromatic rings. The number of ether oxygens (including phenoxy) is 1. The van der Waals surface area contributed by atoms with Gasteiger partial charge in [0.25, 0.3) is 0 Å². The molecule has 0 bridgehead atoms. The molecule has 0 aromatic heterocycles. The Balaban J connectivity index is -0.00000244. The summed E-state index contributed by atoms with van der Waals surface area (Å²) in [5.74, 6) is 0. The third-order valence-corrected chi connectivity index (χ3v) is 8.28. The quantitative estimate of drug-likeness (QED) is 0.0407. The van der Waals surface area contributed by atoms with Crippen molar-refractivity contribution in [3.05, 3.63) is 0 Å². The first-order valence-electron chi connectivity index (χ1n) is 18.7. The Kier molecular flexibility index (Phi) is 49.4. The van der Waals surface area contributed by atoms with Gasteiger partial charge in [-0.1, -0.05) is 206 Å². The summed E-state index contributed by atoms with van der Waals surface area (Å²) in [5, 5.41) is 0. The predicted octanol–water partition coefficient (Wildman–Crippen LogP) is 12.2. The molecule has 0 saturated heterocycles. The first kappa shape index (κ1) is 48.9. The van der Waals surface area contributed by atoms with Gasteiger partial charge in [0.15, 0.2) is 0 Å². The number of unbranched alkanes of at least 4 members (excludes halogenated alkanes) is 30. The standard InChI is InChI=1S/C36H74O.K.H2O4S.H/c1-3-5-7-9-11-13-15-17-19-21-23-25-27-29-31-33-35-37-36-34-32-30-28-26-24-22-20-18-16-14-12-10-8-6-4-2;;1-5(2,3)4;/h3-36H2,1-2H3;;(H2,1,2,3,4);. The second-order valence-electron chi connectivity index (χ2n) is 12.7. The van der Waals surface area contributed by atoms with Gasteiger partial charge in [0.05, 0.1) is 0 Å². The van der Waals surface area contributed by atoms with Crippen LogP contribution < -0.4 is 0 Å². The van der Waals surface area contributed by atoms with Gasteiger partial charge in [0.1, 0.15) is 0 Å². The zero-order valence-corrected chi connectivity index (χ0v) is 29.4. The Morgan fingerprint density at radius 1 is 0.349 bits per heavy atom. The molecule has 0 unspecified atom stereocenters. The van der Waals surface area contributed by atoms with Crippen LogP contribution in [0.5, 0.6) is 0 Å². The molecule has 0 radical (unpaired) electrons. The maximum absolute atomic E-state index is 8.74. The minimum absolute atomic E-state index is 0. The topological polar surface area (TPSA) is 83.8 Å². The Hall–Kier alpha value is 1.47. The van der Waals surface area contributed by atoms with E-state index in [9.17, 15) is 0 Å². The number of hydrogen-bond acceptors (Lipinski definition) is 3. The first-order chi connectivity index (χ1) is 20.4. The van der Waals surface area contributed by atoms with E-state index in [2.05, 4.69) is 13.8 Å². The van der Waals surface area contributed by atoms with Crippen LogP contribution in [0, 0.1) is 0 Å². The zero-order valence-electron chi connectivity index (χ0n) is 28.6. The van der Waals surface area contributed by atoms with Crippen molar-refractivity contribution in [2.24, 2.45) is 0 Å². The molecule has 0 aromatic carbocycles. The summed E-state index contributed by atoms with van der Waals surface area (Å²) in [5.41, 5.74) is 0. The van der Waals surface area contributed by atoms with Gasteiger partial charge in [0.2, 0.25) is 0 Å². The average molecular weight is 661 g/mol. The van der Waals surface area contributed by atoms with E-state index in [1.165, 1.54) is 205 Å². The van der Waals surface area contributed by atoms with Gasteiger partial charge in [-0.25, -0.2) is 0 Å². The van der Waals surface area contributed by atoms with Crippen molar-refractivity contribution < 1.29 is 22.3 Å². The third kappa shape index (κ3) is 59.4. The van der Waals surface area contributed by atoms with Crippen LogP contribution in [0.15, 0.2) is 0 Å². The van der Waals surface area contributed by atoms with E-state index in [0.717, 1.165) is 13.2 Å². The van der Waals surface area contributed by atoms with Gasteiger partial charge in [0, 0.05) is 13.2 Å². The molecule has 0 saturated carbocycles. The molecule has 43 heavy (non-hydrogen) atoms. The first-order valence-corrected chi connectivity index (χ1v) is 20.1. The summed E-state index contributed by atoms with van der Waals surface area (Å²) >= 11 is 0. The molecule has 0 aliphatic rings. The molecule has 0 aliphatic heterocycles. The molecule has 0 aliphatic carbocycles. The van der Waals surface area contributed by atoms with Crippen molar-refractivity contribution in [3.8, 4) is 0 Å². The van der Waals surface area contributed by atoms with Crippen LogP contribution in [0.2, 0.25) is 0 Å². The van der Waals surface area contributed by atoms with Gasteiger partial charge >= 0.3 is 61.8 Å². The van der Waals surface area contributed by atoms with Gasteiger partial charge in [-0.2, -0.15) is 8.42 Å². The van der Waals surface area contributed by atoms with E-state index >= 15 is 0 Å². The van der Waals surface area contributed by atoms with E-state index in [0.29, 0.717) is 0 Å². The van der Waals surface area contributed by atoms with Gasteiger partial charge in [-0.15, -0.1) is 0 Å². The molecule has 0 heterocycles. The second kappa shape index (κ2) is 43.5. The van der Waals surface area contributed by atoms with Crippen LogP contribution in [-0.2, 0) is 15.1 Å². The fourth-order valence-corrected chi connectivity index (χ4v) is 5.61. The minimum atomic E-state index is -4.67. The molecule has 0 spiro atoms. The van der Waals surface area contributed by atoms with E-state index in [1.807, 2.05) is 0 Å². The molecule has 0 fully saturated rings. The SMILES string of the molecule is CCCCCCCCCCCCCCCCCCOCCCCCCCCCCCCCCCCCC.O=S(=O)(O)O.[KH]. The Morgan fingerprint density at radius 2 is 0.488 bits per heavy atom. The maximum atomic E-state index is 8.74. The molecular formula is C36H77KO5S. The summed E-state index contributed by atoms with van der Waals surface area (Å²) in [6, 6.07) is 0. The summed E-state index contributed by atoms with van der Waals surface area (Å²) < 4.78 is 37.5. The summed E-state index contributed by atoms with van der Waals surface area (Å²) in [6.07, 6.45) is 46.0. The van der Waals surface area contributed by atoms with E-state index in [1.54, 1.807) is 0 Å². The summed E-state index contributed by atoms with van der Waals surface area (Å²) in [4.78, 5) is 0. The van der Waals surface area contributed by atoms with Gasteiger partial charge in [-0.3, -0.25) is 9.11 Å². The monoisotopic (exact) mass is 661 g/mol. The Bertz CT molecular complexity index is 532. The van der Waals surface area contributed by atoms with Crippen LogP contribution >= 0.6 is 0 Å². The van der Waals surface area contributed by atoms with Crippen molar-refractivity contribution in [2.45, 2.75) is 219 Å².